The lowest BCUT2D eigenvalue weighted by Gasteiger charge is -2.21. The van der Waals surface area contributed by atoms with Crippen molar-refractivity contribution in [3.63, 3.8) is 0 Å². The van der Waals surface area contributed by atoms with E-state index in [9.17, 15) is 10.4 Å². The van der Waals surface area contributed by atoms with Crippen molar-refractivity contribution in [1.29, 1.82) is 5.26 Å². The highest BCUT2D eigenvalue weighted by molar-refractivity contribution is 5.87. The first-order valence-electron chi connectivity index (χ1n) is 7.24. The minimum absolute atomic E-state index is 0.120. The van der Waals surface area contributed by atoms with Gasteiger partial charge < -0.3 is 10.8 Å². The smallest absolute Gasteiger partial charge is 0.142 e. The maximum absolute atomic E-state index is 10.2. The van der Waals surface area contributed by atoms with E-state index < -0.39 is 0 Å². The maximum Gasteiger partial charge on any atom is 0.142 e. The third-order valence-electron chi connectivity index (χ3n) is 4.21. The van der Waals surface area contributed by atoms with E-state index in [1.54, 1.807) is 24.4 Å². The second-order valence-electron chi connectivity index (χ2n) is 5.47. The van der Waals surface area contributed by atoms with Crippen LogP contribution in [0.25, 0.3) is 22.4 Å². The van der Waals surface area contributed by atoms with Crippen LogP contribution in [0.3, 0.4) is 0 Å². The monoisotopic (exact) mass is 303 g/mol. The Balaban J connectivity index is 2.11. The molecule has 1 aliphatic rings. The number of H-pyrrole nitrogens is 1. The number of hydrogen-bond donors (Lipinski definition) is 3. The van der Waals surface area contributed by atoms with Crippen LogP contribution in [0.4, 0.5) is 5.82 Å². The number of nitrogens with zero attached hydrogens (tertiary/aromatic N) is 3. The summed E-state index contributed by atoms with van der Waals surface area (Å²) in [5, 5.41) is 26.8. The van der Waals surface area contributed by atoms with Crippen LogP contribution in [0, 0.1) is 11.3 Å². The molecule has 1 aromatic carbocycles. The van der Waals surface area contributed by atoms with Crippen molar-refractivity contribution in [2.45, 2.75) is 12.8 Å². The lowest BCUT2D eigenvalue weighted by atomic mass is 9.85. The summed E-state index contributed by atoms with van der Waals surface area (Å²) < 4.78 is 0. The van der Waals surface area contributed by atoms with Crippen LogP contribution >= 0.6 is 0 Å². The van der Waals surface area contributed by atoms with E-state index in [2.05, 4.69) is 21.3 Å². The molecular formula is C17H13N5O. The predicted octanol–water partition coefficient (Wildman–Crippen LogP) is 2.40. The molecule has 0 saturated heterocycles. The molecule has 0 spiro atoms. The van der Waals surface area contributed by atoms with Gasteiger partial charge in [0.05, 0.1) is 11.9 Å². The van der Waals surface area contributed by atoms with Gasteiger partial charge in [-0.05, 0) is 24.5 Å². The van der Waals surface area contributed by atoms with E-state index in [4.69, 9.17) is 5.73 Å². The quantitative estimate of drug-likeness (QED) is 0.639. The van der Waals surface area contributed by atoms with Crippen LogP contribution in [-0.4, -0.2) is 20.3 Å². The molecule has 23 heavy (non-hydrogen) atoms. The second-order valence-corrected chi connectivity index (χ2v) is 5.47. The summed E-state index contributed by atoms with van der Waals surface area (Å²) in [6.07, 6.45) is 3.20. The standard InChI is InChI=1S/C17H13N5O/c18-7-11-15(9-3-1-2-4-14(9)23)10-5-6-13-12(8-20-22-13)16(10)21-17(11)19/h1-4,8,23H,5-6H2,(H2,19,21)(H,20,22). The van der Waals surface area contributed by atoms with E-state index >= 15 is 0 Å². The highest BCUT2D eigenvalue weighted by atomic mass is 16.3. The topological polar surface area (TPSA) is 112 Å². The Morgan fingerprint density at radius 3 is 2.83 bits per heavy atom. The van der Waals surface area contributed by atoms with Crippen LogP contribution in [0.5, 0.6) is 5.75 Å². The zero-order chi connectivity index (χ0) is 16.0. The van der Waals surface area contributed by atoms with Crippen molar-refractivity contribution < 1.29 is 5.11 Å². The summed E-state index contributed by atoms with van der Waals surface area (Å²) in [5.74, 6) is 0.286. The number of aryl methyl sites for hydroxylation is 1. The maximum atomic E-state index is 10.2. The van der Waals surface area contributed by atoms with Gasteiger partial charge in [-0.3, -0.25) is 5.10 Å². The molecule has 2 aromatic heterocycles. The number of aromatic hydroxyl groups is 1. The summed E-state index contributed by atoms with van der Waals surface area (Å²) in [4.78, 5) is 4.43. The Kier molecular flexibility index (Phi) is 2.81. The van der Waals surface area contributed by atoms with Crippen molar-refractivity contribution in [3.8, 4) is 34.2 Å². The zero-order valence-corrected chi connectivity index (χ0v) is 12.2. The van der Waals surface area contributed by atoms with Crippen molar-refractivity contribution in [2.24, 2.45) is 0 Å². The molecule has 0 bridgehead atoms. The molecule has 0 unspecified atom stereocenters. The second kappa shape index (κ2) is 4.85. The number of fused-ring (bicyclic) bond motifs is 3. The first-order valence-corrected chi connectivity index (χ1v) is 7.24. The predicted molar refractivity (Wildman–Crippen MR) is 85.5 cm³/mol. The lowest BCUT2D eigenvalue weighted by Crippen LogP contribution is -2.11. The number of nitrogens with two attached hydrogens (primary N) is 1. The fourth-order valence-electron chi connectivity index (χ4n) is 3.16. The van der Waals surface area contributed by atoms with Crippen molar-refractivity contribution in [1.82, 2.24) is 15.2 Å². The van der Waals surface area contributed by atoms with Gasteiger partial charge in [-0.2, -0.15) is 10.4 Å². The van der Waals surface area contributed by atoms with Gasteiger partial charge in [0.15, 0.2) is 0 Å². The molecule has 6 nitrogen and oxygen atoms in total. The number of benzene rings is 1. The molecule has 4 rings (SSSR count). The van der Waals surface area contributed by atoms with Crippen molar-refractivity contribution in [3.05, 3.63) is 47.3 Å². The Labute approximate surface area is 132 Å². The normalized spacial score (nSPS) is 12.3. The molecule has 112 valence electrons. The molecule has 0 aliphatic heterocycles. The molecule has 0 atom stereocenters. The number of para-hydroxylation sites is 1. The lowest BCUT2D eigenvalue weighted by molar-refractivity contribution is 0.477. The average Bonchev–Trinajstić information content (AvgIpc) is 3.03. The van der Waals surface area contributed by atoms with Gasteiger partial charge in [0.1, 0.15) is 23.2 Å². The molecule has 0 saturated carbocycles. The van der Waals surface area contributed by atoms with Crippen LogP contribution < -0.4 is 5.73 Å². The molecular weight excluding hydrogens is 290 g/mol. The highest BCUT2D eigenvalue weighted by Crippen LogP contribution is 2.42. The van der Waals surface area contributed by atoms with E-state index in [0.717, 1.165) is 28.9 Å². The van der Waals surface area contributed by atoms with Crippen LogP contribution in [-0.2, 0) is 12.8 Å². The third-order valence-corrected chi connectivity index (χ3v) is 4.21. The van der Waals surface area contributed by atoms with Gasteiger partial charge in [0, 0.05) is 22.4 Å². The van der Waals surface area contributed by atoms with E-state index in [1.807, 2.05) is 6.07 Å². The largest absolute Gasteiger partial charge is 0.507 e. The minimum atomic E-state index is 0.120. The van der Waals surface area contributed by atoms with Gasteiger partial charge in [-0.1, -0.05) is 18.2 Å². The van der Waals surface area contributed by atoms with Crippen LogP contribution in [0.2, 0.25) is 0 Å². The van der Waals surface area contributed by atoms with Crippen molar-refractivity contribution >= 4 is 5.82 Å². The van der Waals surface area contributed by atoms with Gasteiger partial charge in [0.2, 0.25) is 0 Å². The molecule has 3 aromatic rings. The van der Waals surface area contributed by atoms with Crippen LogP contribution in [0.15, 0.2) is 30.5 Å². The number of rotatable bonds is 1. The van der Waals surface area contributed by atoms with Gasteiger partial charge >= 0.3 is 0 Å². The Bertz CT molecular complexity index is 968. The Hall–Kier alpha value is -3.33. The van der Waals surface area contributed by atoms with E-state index in [0.29, 0.717) is 23.1 Å². The fraction of sp³-hybridized carbons (Fsp3) is 0.118. The number of nitrogens with one attached hydrogen (secondary N) is 1. The van der Waals surface area contributed by atoms with Gasteiger partial charge in [-0.25, -0.2) is 4.98 Å². The minimum Gasteiger partial charge on any atom is -0.507 e. The fourth-order valence-corrected chi connectivity index (χ4v) is 3.16. The number of phenols is 1. The number of aromatic nitrogens is 3. The highest BCUT2D eigenvalue weighted by Gasteiger charge is 2.27. The van der Waals surface area contributed by atoms with Crippen LogP contribution in [0.1, 0.15) is 16.8 Å². The number of pyridine rings is 1. The summed E-state index contributed by atoms with van der Waals surface area (Å²) in [6, 6.07) is 9.10. The third kappa shape index (κ3) is 1.87. The summed E-state index contributed by atoms with van der Waals surface area (Å²) in [5.41, 5.74) is 11.2. The summed E-state index contributed by atoms with van der Waals surface area (Å²) in [6.45, 7) is 0. The Morgan fingerprint density at radius 2 is 2.04 bits per heavy atom. The molecule has 2 heterocycles. The average molecular weight is 303 g/mol. The molecule has 0 fully saturated rings. The molecule has 4 N–H and O–H groups in total. The van der Waals surface area contributed by atoms with Gasteiger partial charge in [0.25, 0.3) is 0 Å². The van der Waals surface area contributed by atoms with E-state index in [1.165, 1.54) is 0 Å². The SMILES string of the molecule is N#Cc1c(N)nc2c(c1-c1ccccc1O)CCc1[nH]ncc1-2. The van der Waals surface area contributed by atoms with Crippen molar-refractivity contribution in [2.75, 3.05) is 5.73 Å². The number of aromatic amines is 1. The number of nitrogen functional groups attached to an aromatic ring is 1. The number of phenolic OH excluding ortho intramolecular Hbond substituents is 1. The first kappa shape index (κ1) is 13.3. The molecule has 1 aliphatic carbocycles. The first-order chi connectivity index (χ1) is 11.2. The number of hydrogen-bond acceptors (Lipinski definition) is 5. The summed E-state index contributed by atoms with van der Waals surface area (Å²) >= 11 is 0. The van der Waals surface area contributed by atoms with E-state index in [-0.39, 0.29) is 11.6 Å². The van der Waals surface area contributed by atoms with Gasteiger partial charge in [-0.15, -0.1) is 0 Å². The Morgan fingerprint density at radius 1 is 1.22 bits per heavy atom. The zero-order valence-electron chi connectivity index (χ0n) is 12.2. The molecule has 0 amide bonds. The number of nitriles is 1. The summed E-state index contributed by atoms with van der Waals surface area (Å²) in [7, 11) is 0. The molecule has 0 radical (unpaired) electrons. The number of anilines is 1. The molecule has 6 heteroatoms.